The highest BCUT2D eigenvalue weighted by Gasteiger charge is 2.53. The molecule has 0 radical (unpaired) electrons. The van der Waals surface area contributed by atoms with E-state index in [0.29, 0.717) is 21.5 Å². The summed E-state index contributed by atoms with van der Waals surface area (Å²) in [6, 6.07) is 10.8. The molecular weight excluding hydrogens is 561 g/mol. The summed E-state index contributed by atoms with van der Waals surface area (Å²) in [4.78, 5) is 49.2. The second-order valence-corrected chi connectivity index (χ2v) is 9.52. The van der Waals surface area contributed by atoms with E-state index in [1.807, 2.05) is 0 Å². The van der Waals surface area contributed by atoms with Crippen molar-refractivity contribution in [3.63, 3.8) is 0 Å². The minimum Gasteiger partial charge on any atom is -0.463 e. The highest BCUT2D eigenvalue weighted by Crippen LogP contribution is 2.39. The fourth-order valence-electron chi connectivity index (χ4n) is 4.80. The van der Waals surface area contributed by atoms with Crippen LogP contribution < -0.4 is 0 Å². The van der Waals surface area contributed by atoms with Crippen molar-refractivity contribution < 1.29 is 52.7 Å². The molecule has 2 aromatic carbocycles. The first-order chi connectivity index (χ1) is 21.6. The van der Waals surface area contributed by atoms with E-state index in [-0.39, 0.29) is 6.42 Å². The van der Waals surface area contributed by atoms with Crippen LogP contribution in [0.1, 0.15) is 50.4 Å². The van der Waals surface area contributed by atoms with Crippen LogP contribution in [0.4, 0.5) is 4.39 Å². The molecule has 0 aliphatic carbocycles. The molecule has 1 saturated heterocycles. The fraction of sp³-hybridized carbons (Fsp3) is 0.379. The van der Waals surface area contributed by atoms with Crippen LogP contribution in [0.25, 0.3) is 10.9 Å². The van der Waals surface area contributed by atoms with E-state index in [9.17, 15) is 23.6 Å². The minimum absolute atomic E-state index is 0.281. The summed E-state index contributed by atoms with van der Waals surface area (Å²) in [6.07, 6.45) is -5.67. The number of benzene rings is 2. The van der Waals surface area contributed by atoms with Gasteiger partial charge in [0.05, 0.1) is 10.5 Å². The summed E-state index contributed by atoms with van der Waals surface area (Å²) in [5.41, 5.74) is 1.85. The van der Waals surface area contributed by atoms with E-state index in [2.05, 4.69) is 0 Å². The molecule has 5 atom stereocenters. The number of ether oxygens (including phenoxy) is 5. The highest BCUT2D eigenvalue weighted by molar-refractivity contribution is 6.35. The molecule has 4 rings (SSSR count). The molecule has 3 aromatic rings. The van der Waals surface area contributed by atoms with Gasteiger partial charge in [0.1, 0.15) is 18.5 Å². The van der Waals surface area contributed by atoms with Crippen LogP contribution in [0.15, 0.2) is 48.7 Å². The molecule has 0 saturated carbocycles. The Morgan fingerprint density at radius 3 is 2.20 bits per heavy atom. The van der Waals surface area contributed by atoms with Crippen molar-refractivity contribution in [3.05, 3.63) is 70.6 Å². The summed E-state index contributed by atoms with van der Waals surface area (Å²) in [6.45, 7) is -3.87. The number of halogens is 2. The van der Waals surface area contributed by atoms with Crippen molar-refractivity contribution in [3.8, 4) is 0 Å². The lowest BCUT2D eigenvalue weighted by Gasteiger charge is -2.44. The van der Waals surface area contributed by atoms with Gasteiger partial charge >= 0.3 is 23.9 Å². The third-order valence-electron chi connectivity index (χ3n) is 6.29. The third kappa shape index (κ3) is 7.04. The zero-order valence-corrected chi connectivity index (χ0v) is 22.4. The van der Waals surface area contributed by atoms with Gasteiger partial charge in [-0.3, -0.25) is 19.2 Å². The molecule has 0 amide bonds. The van der Waals surface area contributed by atoms with Gasteiger partial charge in [0.2, 0.25) is 0 Å². The molecule has 2 heterocycles. The maximum Gasteiger partial charge on any atom is 0.303 e. The molecule has 12 heteroatoms. The Bertz CT molecular complexity index is 1540. The number of rotatable bonds is 8. The van der Waals surface area contributed by atoms with Crippen molar-refractivity contribution in [1.29, 1.82) is 0 Å². The number of carbonyl (C=O) groups excluding carboxylic acids is 4. The van der Waals surface area contributed by atoms with Crippen LogP contribution in [0, 0.1) is 5.82 Å². The first-order valence-electron chi connectivity index (χ1n) is 15.0. The van der Waals surface area contributed by atoms with Gasteiger partial charge in [-0.15, -0.1) is 0 Å². The molecule has 1 unspecified atom stereocenters. The summed E-state index contributed by atoms with van der Waals surface area (Å²) >= 11 is 6.63. The summed E-state index contributed by atoms with van der Waals surface area (Å²) in [7, 11) is 0. The molecule has 1 fully saturated rings. The van der Waals surface area contributed by atoms with Gasteiger partial charge < -0.3 is 28.3 Å². The number of hydrogen-bond acceptors (Lipinski definition) is 9. The lowest BCUT2D eigenvalue weighted by atomic mass is 9.97. The summed E-state index contributed by atoms with van der Waals surface area (Å²) in [5, 5.41) is 0.913. The maximum atomic E-state index is 13.6. The van der Waals surface area contributed by atoms with Gasteiger partial charge in [-0.05, 0) is 41.8 Å². The Morgan fingerprint density at radius 1 is 0.902 bits per heavy atom. The minimum atomic E-state index is -1.65. The molecule has 1 aliphatic heterocycles. The average Bonchev–Trinajstić information content (AvgIpc) is 3.41. The van der Waals surface area contributed by atoms with Gasteiger partial charge in [-0.1, -0.05) is 29.8 Å². The molecule has 0 N–H and O–H groups in total. The van der Waals surface area contributed by atoms with Gasteiger partial charge in [-0.25, -0.2) is 4.39 Å². The molecule has 41 heavy (non-hydrogen) atoms. The Morgan fingerprint density at radius 2 is 1.54 bits per heavy atom. The predicted molar refractivity (Wildman–Crippen MR) is 143 cm³/mol. The first-order valence-corrected chi connectivity index (χ1v) is 12.6. The van der Waals surface area contributed by atoms with Crippen molar-refractivity contribution >= 4 is 46.4 Å². The predicted octanol–water partition coefficient (Wildman–Crippen LogP) is 4.28. The van der Waals surface area contributed by atoms with Crippen LogP contribution in [0.5, 0.6) is 0 Å². The highest BCUT2D eigenvalue weighted by atomic mass is 35.5. The van der Waals surface area contributed by atoms with E-state index < -0.39 is 94.5 Å². The van der Waals surface area contributed by atoms with Crippen LogP contribution in [0.2, 0.25) is 5.02 Å². The summed E-state index contributed by atoms with van der Waals surface area (Å²) in [5.74, 6) is -4.57. The number of nitrogens with zero attached hydrogens (tertiary/aromatic N) is 1. The van der Waals surface area contributed by atoms with E-state index in [1.54, 1.807) is 36.5 Å². The molecule has 1 aliphatic rings. The molecule has 0 bridgehead atoms. The molecule has 10 nitrogen and oxygen atoms in total. The molecule has 0 spiro atoms. The lowest BCUT2D eigenvalue weighted by Crippen LogP contribution is -2.60. The molecule has 1 aromatic heterocycles. The normalized spacial score (nSPS) is 23.4. The monoisotopic (exact) mass is 593 g/mol. The molecular formula is C29H29ClFNO9. The maximum absolute atomic E-state index is 13.6. The van der Waals surface area contributed by atoms with E-state index >= 15 is 0 Å². The zero-order chi connectivity index (χ0) is 32.7. The Kier molecular flexibility index (Phi) is 7.68. The number of carbonyl (C=O) groups is 4. The van der Waals surface area contributed by atoms with Crippen LogP contribution in [0.3, 0.4) is 0 Å². The largest absolute Gasteiger partial charge is 0.463 e. The van der Waals surface area contributed by atoms with Crippen molar-refractivity contribution in [2.24, 2.45) is 0 Å². The van der Waals surface area contributed by atoms with Crippen LogP contribution >= 0.6 is 11.6 Å². The summed E-state index contributed by atoms with van der Waals surface area (Å²) < 4.78 is 72.6. The van der Waals surface area contributed by atoms with E-state index in [4.69, 9.17) is 40.8 Å². The first kappa shape index (κ1) is 24.8. The number of esters is 4. The third-order valence-corrected chi connectivity index (χ3v) is 6.60. The van der Waals surface area contributed by atoms with E-state index in [1.165, 1.54) is 16.7 Å². The Balaban J connectivity index is 1.89. The Hall–Kier alpha value is -3.96. The SMILES string of the molecule is [2H]CC(=O)OC[C@H]1OC(n2cc(Cc3ccc(F)cc3)c3c(Cl)cccc32)[C@H](OC(=O)C[2H])[C@@H](OC(=O)C[2H])[C@@H]1OC(=O)C[2H]. The van der Waals surface area contributed by atoms with Crippen LogP contribution in [-0.4, -0.2) is 59.5 Å². The quantitative estimate of drug-likeness (QED) is 0.278. The van der Waals surface area contributed by atoms with Crippen molar-refractivity contribution in [2.75, 3.05) is 6.61 Å². The topological polar surface area (TPSA) is 119 Å². The van der Waals surface area contributed by atoms with Crippen molar-refractivity contribution in [2.45, 2.75) is 64.7 Å². The number of hydrogen-bond donors (Lipinski definition) is 0. The van der Waals surface area contributed by atoms with Crippen LogP contribution in [-0.2, 0) is 49.3 Å². The molecule has 218 valence electrons. The van der Waals surface area contributed by atoms with Gasteiger partial charge in [0.25, 0.3) is 0 Å². The second-order valence-electron chi connectivity index (χ2n) is 9.11. The van der Waals surface area contributed by atoms with E-state index in [0.717, 1.165) is 5.56 Å². The van der Waals surface area contributed by atoms with Gasteiger partial charge in [0, 0.05) is 44.7 Å². The second kappa shape index (κ2) is 12.7. The number of aromatic nitrogens is 1. The fourth-order valence-corrected chi connectivity index (χ4v) is 5.09. The van der Waals surface area contributed by atoms with Gasteiger partial charge in [0.15, 0.2) is 24.5 Å². The number of fused-ring (bicyclic) bond motifs is 1. The average molecular weight is 594 g/mol. The van der Waals surface area contributed by atoms with Gasteiger partial charge in [-0.2, -0.15) is 0 Å². The lowest BCUT2D eigenvalue weighted by molar-refractivity contribution is -0.267. The standard InChI is InChI=1S/C29H29ClFNO9/c1-15(33)37-14-24-26(38-16(2)34)27(39-17(3)35)28(40-18(4)36)29(41-24)32-13-20(12-19-8-10-21(31)11-9-19)25-22(30)6-5-7-23(25)32/h5-11,13,24,26-29H,12,14H2,1-4H3/t24-,26-,27+,28-,29?/m1/s1/i1D,2D,3D,4D. The Labute approximate surface area is 245 Å². The smallest absolute Gasteiger partial charge is 0.303 e. The van der Waals surface area contributed by atoms with Crippen molar-refractivity contribution in [1.82, 2.24) is 4.57 Å². The zero-order valence-electron chi connectivity index (χ0n) is 25.6.